The summed E-state index contributed by atoms with van der Waals surface area (Å²) in [5.41, 5.74) is 0.192. The highest BCUT2D eigenvalue weighted by molar-refractivity contribution is 7.98. The number of thioether (sulfide) groups is 1. The van der Waals surface area contributed by atoms with E-state index in [2.05, 4.69) is 28.2 Å². The molecule has 2 unspecified atom stereocenters. The Morgan fingerprint density at radius 2 is 2.03 bits per heavy atom. The number of carboxylic acids is 1. The summed E-state index contributed by atoms with van der Waals surface area (Å²) in [6.07, 6.45) is 8.25. The quantitative estimate of drug-likeness (QED) is 0.357. The van der Waals surface area contributed by atoms with E-state index in [9.17, 15) is 19.5 Å². The van der Waals surface area contributed by atoms with Gasteiger partial charge in [0.25, 0.3) is 0 Å². The van der Waals surface area contributed by atoms with Crippen molar-refractivity contribution in [1.82, 2.24) is 15.6 Å². The third kappa shape index (κ3) is 6.54. The summed E-state index contributed by atoms with van der Waals surface area (Å²) in [5.74, 6) is -0.511. The van der Waals surface area contributed by atoms with Crippen LogP contribution in [0.4, 0.5) is 0 Å². The molecule has 0 aliphatic heterocycles. The van der Waals surface area contributed by atoms with Gasteiger partial charge in [0.1, 0.15) is 17.3 Å². The van der Waals surface area contributed by atoms with Crippen molar-refractivity contribution in [2.24, 2.45) is 0 Å². The Morgan fingerprint density at radius 1 is 1.27 bits per heavy atom. The number of carbonyl (C=O) groups excluding carboxylic acids is 2. The maximum atomic E-state index is 13.2. The van der Waals surface area contributed by atoms with Gasteiger partial charge in [-0.1, -0.05) is 18.9 Å². The molecule has 2 aromatic rings. The zero-order valence-electron chi connectivity index (χ0n) is 18.5. The van der Waals surface area contributed by atoms with E-state index < -0.39 is 28.7 Å². The zero-order valence-corrected chi connectivity index (χ0v) is 20.2. The molecule has 2 amide bonds. The van der Waals surface area contributed by atoms with Gasteiger partial charge in [-0.3, -0.25) is 14.6 Å². The lowest BCUT2D eigenvalue weighted by Crippen LogP contribution is -2.61. The highest BCUT2D eigenvalue weighted by Crippen LogP contribution is 2.31. The minimum atomic E-state index is -1.15. The molecule has 1 saturated carbocycles. The molecular formula is C23H29N3O5S2. The molecule has 8 nitrogen and oxygen atoms in total. The number of aliphatic carboxylic acids is 1. The third-order valence-electron chi connectivity index (χ3n) is 5.79. The van der Waals surface area contributed by atoms with Crippen molar-refractivity contribution in [3.63, 3.8) is 0 Å². The fourth-order valence-electron chi connectivity index (χ4n) is 3.91. The summed E-state index contributed by atoms with van der Waals surface area (Å²) >= 11 is 6.00. The topological polar surface area (TPSA) is 122 Å². The standard InChI is InChI=1S/C23H29N3O5S2/c1-33-12-8-19(32)20(27)26-23(9-2-3-10-23)22(30)25-17(21(28)29)13-15-6-7-16(24-14-15)18-5-4-11-31-18/h4-7,11,14,17,19,32H,2-3,8-10,12-13H2,1H3,(H,25,30)(H,26,27)(H,28,29). The molecule has 0 radical (unpaired) electrons. The molecule has 3 N–H and O–H groups in total. The van der Waals surface area contributed by atoms with Crippen LogP contribution in [0.15, 0.2) is 41.1 Å². The van der Waals surface area contributed by atoms with Gasteiger partial charge in [0.05, 0.1) is 11.5 Å². The van der Waals surface area contributed by atoms with Crippen LogP contribution in [0.2, 0.25) is 0 Å². The average Bonchev–Trinajstić information content (AvgIpc) is 3.50. The molecule has 0 spiro atoms. The fourth-order valence-corrected chi connectivity index (χ4v) is 4.75. The van der Waals surface area contributed by atoms with Crippen LogP contribution in [0.25, 0.3) is 11.5 Å². The van der Waals surface area contributed by atoms with E-state index in [-0.39, 0.29) is 12.3 Å². The molecule has 178 valence electrons. The number of carbonyl (C=O) groups is 3. The molecule has 0 bridgehead atoms. The first-order chi connectivity index (χ1) is 15.8. The number of nitrogens with one attached hydrogen (secondary N) is 2. The van der Waals surface area contributed by atoms with Crippen molar-refractivity contribution in [3.8, 4) is 11.5 Å². The zero-order chi connectivity index (χ0) is 23.8. The Labute approximate surface area is 202 Å². The van der Waals surface area contributed by atoms with Gasteiger partial charge in [0.2, 0.25) is 11.8 Å². The Kier molecular flexibility index (Phi) is 8.85. The predicted molar refractivity (Wildman–Crippen MR) is 130 cm³/mol. The number of rotatable bonds is 11. The van der Waals surface area contributed by atoms with Crippen molar-refractivity contribution in [2.75, 3.05) is 12.0 Å². The molecular weight excluding hydrogens is 462 g/mol. The van der Waals surface area contributed by atoms with Gasteiger partial charge in [-0.05, 0) is 55.0 Å². The van der Waals surface area contributed by atoms with Gasteiger partial charge in [-0.25, -0.2) is 4.79 Å². The highest BCUT2D eigenvalue weighted by Gasteiger charge is 2.44. The summed E-state index contributed by atoms with van der Waals surface area (Å²) in [6.45, 7) is 0. The van der Waals surface area contributed by atoms with E-state index in [0.29, 0.717) is 36.3 Å². The largest absolute Gasteiger partial charge is 0.480 e. The van der Waals surface area contributed by atoms with Crippen molar-refractivity contribution < 1.29 is 23.9 Å². The second-order valence-corrected chi connectivity index (χ2v) is 9.78. The Bertz CT molecular complexity index is 944. The molecule has 1 aliphatic rings. The van der Waals surface area contributed by atoms with Gasteiger partial charge in [-0.15, -0.1) is 0 Å². The van der Waals surface area contributed by atoms with Crippen molar-refractivity contribution in [1.29, 1.82) is 0 Å². The predicted octanol–water partition coefficient (Wildman–Crippen LogP) is 2.93. The number of hydrogen-bond acceptors (Lipinski definition) is 7. The molecule has 2 aromatic heterocycles. The lowest BCUT2D eigenvalue weighted by Gasteiger charge is -2.31. The van der Waals surface area contributed by atoms with Crippen LogP contribution < -0.4 is 10.6 Å². The van der Waals surface area contributed by atoms with E-state index in [0.717, 1.165) is 18.6 Å². The first-order valence-electron chi connectivity index (χ1n) is 10.9. The van der Waals surface area contributed by atoms with Crippen LogP contribution in [0, 0.1) is 0 Å². The smallest absolute Gasteiger partial charge is 0.326 e. The molecule has 0 saturated heterocycles. The lowest BCUT2D eigenvalue weighted by atomic mass is 9.94. The SMILES string of the molecule is CSCCC(S)C(=O)NC1(C(=O)NC(Cc2ccc(-c3ccco3)nc2)C(=O)O)CCCC1. The van der Waals surface area contributed by atoms with Crippen molar-refractivity contribution in [2.45, 2.75) is 55.4 Å². The minimum absolute atomic E-state index is 0.0689. The fraction of sp³-hybridized carbons (Fsp3) is 0.478. The number of aromatic nitrogens is 1. The summed E-state index contributed by atoms with van der Waals surface area (Å²) in [6, 6.07) is 5.91. The van der Waals surface area contributed by atoms with Crippen LogP contribution in [-0.2, 0) is 20.8 Å². The van der Waals surface area contributed by atoms with E-state index in [1.54, 1.807) is 48.5 Å². The van der Waals surface area contributed by atoms with Gasteiger partial charge in [0.15, 0.2) is 5.76 Å². The maximum absolute atomic E-state index is 13.2. The number of furan rings is 1. The molecule has 1 fully saturated rings. The summed E-state index contributed by atoms with van der Waals surface area (Å²) < 4.78 is 5.31. The Balaban J connectivity index is 1.67. The number of thiol groups is 1. The number of carboxylic acid groups (broad SMARTS) is 1. The Morgan fingerprint density at radius 3 is 2.61 bits per heavy atom. The number of amides is 2. The molecule has 33 heavy (non-hydrogen) atoms. The number of nitrogens with zero attached hydrogens (tertiary/aromatic N) is 1. The second kappa shape index (κ2) is 11.6. The summed E-state index contributed by atoms with van der Waals surface area (Å²) in [4.78, 5) is 42.1. The molecule has 2 atom stereocenters. The number of pyridine rings is 1. The van der Waals surface area contributed by atoms with Gasteiger partial charge in [-0.2, -0.15) is 24.4 Å². The van der Waals surface area contributed by atoms with Gasteiger partial charge in [0, 0.05) is 12.6 Å². The second-order valence-electron chi connectivity index (χ2n) is 8.17. The van der Waals surface area contributed by atoms with E-state index in [4.69, 9.17) is 4.42 Å². The summed E-state index contributed by atoms with van der Waals surface area (Å²) in [5, 5.41) is 14.7. The molecule has 3 rings (SSSR count). The van der Waals surface area contributed by atoms with E-state index in [1.165, 1.54) is 0 Å². The maximum Gasteiger partial charge on any atom is 0.326 e. The summed E-state index contributed by atoms with van der Waals surface area (Å²) in [7, 11) is 0. The van der Waals surface area contributed by atoms with Gasteiger partial charge >= 0.3 is 5.97 Å². The van der Waals surface area contributed by atoms with Crippen LogP contribution in [-0.4, -0.2) is 56.7 Å². The first kappa shape index (κ1) is 25.2. The highest BCUT2D eigenvalue weighted by atomic mass is 32.2. The molecule has 2 heterocycles. The molecule has 0 aromatic carbocycles. The van der Waals surface area contributed by atoms with Crippen LogP contribution >= 0.6 is 24.4 Å². The minimum Gasteiger partial charge on any atom is -0.480 e. The third-order valence-corrected chi connectivity index (χ3v) is 6.93. The van der Waals surface area contributed by atoms with E-state index in [1.807, 2.05) is 6.26 Å². The normalized spacial score (nSPS) is 16.7. The first-order valence-corrected chi connectivity index (χ1v) is 12.8. The Hall–Kier alpha value is -2.46. The molecule has 1 aliphatic carbocycles. The van der Waals surface area contributed by atoms with Crippen LogP contribution in [0.5, 0.6) is 0 Å². The van der Waals surface area contributed by atoms with Gasteiger partial charge < -0.3 is 20.2 Å². The van der Waals surface area contributed by atoms with Crippen LogP contribution in [0.3, 0.4) is 0 Å². The van der Waals surface area contributed by atoms with Crippen molar-refractivity contribution in [3.05, 3.63) is 42.3 Å². The molecule has 10 heteroatoms. The number of hydrogen-bond donors (Lipinski definition) is 4. The average molecular weight is 492 g/mol. The lowest BCUT2D eigenvalue weighted by molar-refractivity contribution is -0.143. The van der Waals surface area contributed by atoms with E-state index >= 15 is 0 Å². The van der Waals surface area contributed by atoms with Crippen LogP contribution in [0.1, 0.15) is 37.7 Å². The van der Waals surface area contributed by atoms with Crippen molar-refractivity contribution >= 4 is 42.2 Å². The monoisotopic (exact) mass is 491 g/mol.